The van der Waals surface area contributed by atoms with Crippen LogP contribution in [-0.2, 0) is 4.79 Å². The Bertz CT molecular complexity index is 497. The zero-order valence-corrected chi connectivity index (χ0v) is 12.7. The van der Waals surface area contributed by atoms with Crippen LogP contribution in [-0.4, -0.2) is 18.7 Å². The SMILES string of the molecule is O=C(COc1ccc(Br)cc1)NN=CC1CC=CCC1. The number of hydrazone groups is 1. The summed E-state index contributed by atoms with van der Waals surface area (Å²) in [5, 5.41) is 3.98. The van der Waals surface area contributed by atoms with Crippen molar-refractivity contribution in [3.63, 3.8) is 0 Å². The van der Waals surface area contributed by atoms with Crippen molar-refractivity contribution < 1.29 is 9.53 Å². The molecule has 1 amide bonds. The first-order chi connectivity index (χ1) is 9.74. The number of rotatable bonds is 5. The summed E-state index contributed by atoms with van der Waals surface area (Å²) < 4.78 is 6.32. The molecule has 1 aromatic carbocycles. The second kappa shape index (κ2) is 7.85. The molecule has 0 heterocycles. The second-order valence-electron chi connectivity index (χ2n) is 4.60. The first kappa shape index (κ1) is 14.8. The molecule has 1 aromatic rings. The average molecular weight is 337 g/mol. The molecule has 4 nitrogen and oxygen atoms in total. The molecule has 0 radical (unpaired) electrons. The fraction of sp³-hybridized carbons (Fsp3) is 0.333. The largest absolute Gasteiger partial charge is 0.484 e. The third-order valence-electron chi connectivity index (χ3n) is 2.97. The Morgan fingerprint density at radius 1 is 1.40 bits per heavy atom. The van der Waals surface area contributed by atoms with Gasteiger partial charge in [-0.2, -0.15) is 5.10 Å². The molecule has 0 aromatic heterocycles. The molecule has 1 atom stereocenters. The summed E-state index contributed by atoms with van der Waals surface area (Å²) >= 11 is 3.34. The molecule has 0 bridgehead atoms. The van der Waals surface area contributed by atoms with Gasteiger partial charge in [-0.05, 0) is 49.4 Å². The van der Waals surface area contributed by atoms with Crippen LogP contribution < -0.4 is 10.2 Å². The maximum absolute atomic E-state index is 11.6. The van der Waals surface area contributed by atoms with E-state index in [2.05, 4.69) is 38.6 Å². The maximum atomic E-state index is 11.6. The van der Waals surface area contributed by atoms with Gasteiger partial charge in [-0.1, -0.05) is 28.1 Å². The molecule has 0 saturated carbocycles. The molecule has 20 heavy (non-hydrogen) atoms. The molecule has 1 N–H and O–H groups in total. The number of carbonyl (C=O) groups is 1. The number of amides is 1. The molecule has 2 rings (SSSR count). The fourth-order valence-electron chi connectivity index (χ4n) is 1.88. The second-order valence-corrected chi connectivity index (χ2v) is 5.52. The minimum Gasteiger partial charge on any atom is -0.484 e. The van der Waals surface area contributed by atoms with Crippen molar-refractivity contribution in [3.05, 3.63) is 40.9 Å². The normalized spacial score (nSPS) is 18.1. The maximum Gasteiger partial charge on any atom is 0.277 e. The summed E-state index contributed by atoms with van der Waals surface area (Å²) in [6, 6.07) is 7.33. The summed E-state index contributed by atoms with van der Waals surface area (Å²) in [5.74, 6) is 0.827. The van der Waals surface area contributed by atoms with Gasteiger partial charge in [0.25, 0.3) is 5.91 Å². The lowest BCUT2D eigenvalue weighted by atomic mass is 9.96. The van der Waals surface area contributed by atoms with Crippen molar-refractivity contribution in [2.24, 2.45) is 11.0 Å². The predicted octanol–water partition coefficient (Wildman–Crippen LogP) is 3.29. The number of halogens is 1. The zero-order chi connectivity index (χ0) is 14.2. The lowest BCUT2D eigenvalue weighted by molar-refractivity contribution is -0.123. The zero-order valence-electron chi connectivity index (χ0n) is 11.1. The van der Waals surface area contributed by atoms with E-state index in [9.17, 15) is 4.79 Å². The van der Waals surface area contributed by atoms with Crippen LogP contribution in [0.15, 0.2) is 46.0 Å². The number of benzene rings is 1. The smallest absolute Gasteiger partial charge is 0.277 e. The highest BCUT2D eigenvalue weighted by atomic mass is 79.9. The predicted molar refractivity (Wildman–Crippen MR) is 82.8 cm³/mol. The molecule has 0 aliphatic heterocycles. The van der Waals surface area contributed by atoms with E-state index in [1.807, 2.05) is 12.1 Å². The first-order valence-corrected chi connectivity index (χ1v) is 7.39. The van der Waals surface area contributed by atoms with Crippen LogP contribution in [0, 0.1) is 5.92 Å². The lowest BCUT2D eigenvalue weighted by Crippen LogP contribution is -2.25. The first-order valence-electron chi connectivity index (χ1n) is 6.59. The van der Waals surface area contributed by atoms with Gasteiger partial charge < -0.3 is 4.74 Å². The molecular formula is C15H17BrN2O2. The Balaban J connectivity index is 1.68. The van der Waals surface area contributed by atoms with Gasteiger partial charge in [-0.15, -0.1) is 0 Å². The molecule has 1 aliphatic rings. The van der Waals surface area contributed by atoms with Crippen LogP contribution in [0.25, 0.3) is 0 Å². The van der Waals surface area contributed by atoms with Gasteiger partial charge >= 0.3 is 0 Å². The third-order valence-corrected chi connectivity index (χ3v) is 3.50. The summed E-state index contributed by atoms with van der Waals surface area (Å²) in [6.45, 7) is -0.0382. The fourth-order valence-corrected chi connectivity index (χ4v) is 2.14. The number of nitrogens with zero attached hydrogens (tertiary/aromatic N) is 1. The average Bonchev–Trinajstić information content (AvgIpc) is 2.48. The van der Waals surface area contributed by atoms with Gasteiger partial charge in [-0.3, -0.25) is 4.79 Å². The van der Waals surface area contributed by atoms with Gasteiger partial charge in [0.2, 0.25) is 0 Å². The van der Waals surface area contributed by atoms with Crippen molar-refractivity contribution in [2.45, 2.75) is 19.3 Å². The molecule has 106 valence electrons. The number of allylic oxidation sites excluding steroid dienone is 2. The highest BCUT2D eigenvalue weighted by Crippen LogP contribution is 2.16. The monoisotopic (exact) mass is 336 g/mol. The van der Waals surface area contributed by atoms with Crippen molar-refractivity contribution >= 4 is 28.1 Å². The van der Waals surface area contributed by atoms with Gasteiger partial charge in [-0.25, -0.2) is 5.43 Å². The van der Waals surface area contributed by atoms with E-state index in [4.69, 9.17) is 4.74 Å². The minimum absolute atomic E-state index is 0.0382. The number of nitrogens with one attached hydrogen (secondary N) is 1. The van der Waals surface area contributed by atoms with Gasteiger partial charge in [0.1, 0.15) is 5.75 Å². The van der Waals surface area contributed by atoms with Crippen LogP contribution in [0.1, 0.15) is 19.3 Å². The number of hydrogen-bond acceptors (Lipinski definition) is 3. The van der Waals surface area contributed by atoms with E-state index in [-0.39, 0.29) is 12.5 Å². The summed E-state index contributed by atoms with van der Waals surface area (Å²) in [6.07, 6.45) is 9.30. The van der Waals surface area contributed by atoms with Crippen LogP contribution in [0.2, 0.25) is 0 Å². The van der Waals surface area contributed by atoms with E-state index < -0.39 is 0 Å². The molecular weight excluding hydrogens is 320 g/mol. The standard InChI is InChI=1S/C15H17BrN2O2/c16-13-6-8-14(9-7-13)20-11-15(19)18-17-10-12-4-2-1-3-5-12/h1-2,6-10,12H,3-5,11H2,(H,18,19). The van der Waals surface area contributed by atoms with Gasteiger partial charge in [0, 0.05) is 10.7 Å². The van der Waals surface area contributed by atoms with E-state index in [0.717, 1.165) is 23.7 Å². The minimum atomic E-state index is -0.254. The number of carbonyl (C=O) groups excluding carboxylic acids is 1. The molecule has 1 aliphatic carbocycles. The molecule has 1 unspecified atom stereocenters. The Morgan fingerprint density at radius 2 is 2.20 bits per heavy atom. The Hall–Kier alpha value is -1.62. The van der Waals surface area contributed by atoms with Crippen molar-refractivity contribution in [2.75, 3.05) is 6.61 Å². The van der Waals surface area contributed by atoms with Crippen molar-refractivity contribution in [1.29, 1.82) is 0 Å². The molecule has 0 fully saturated rings. The van der Waals surface area contributed by atoms with Crippen LogP contribution in [0.4, 0.5) is 0 Å². The summed E-state index contributed by atoms with van der Waals surface area (Å²) in [5.41, 5.74) is 2.48. The summed E-state index contributed by atoms with van der Waals surface area (Å²) in [4.78, 5) is 11.6. The third kappa shape index (κ3) is 5.17. The van der Waals surface area contributed by atoms with Crippen molar-refractivity contribution in [3.8, 4) is 5.75 Å². The van der Waals surface area contributed by atoms with Crippen LogP contribution >= 0.6 is 15.9 Å². The number of ether oxygens (including phenoxy) is 1. The summed E-state index contributed by atoms with van der Waals surface area (Å²) in [7, 11) is 0. The Morgan fingerprint density at radius 3 is 2.90 bits per heavy atom. The van der Waals surface area contributed by atoms with E-state index in [1.165, 1.54) is 0 Å². The Labute approximate surface area is 127 Å². The van der Waals surface area contributed by atoms with Crippen molar-refractivity contribution in [1.82, 2.24) is 5.43 Å². The van der Waals surface area contributed by atoms with Gasteiger partial charge in [0.05, 0.1) is 0 Å². The van der Waals surface area contributed by atoms with Gasteiger partial charge in [0.15, 0.2) is 6.61 Å². The quantitative estimate of drug-likeness (QED) is 0.509. The molecule has 0 spiro atoms. The van der Waals surface area contributed by atoms with E-state index >= 15 is 0 Å². The van der Waals surface area contributed by atoms with E-state index in [0.29, 0.717) is 11.7 Å². The highest BCUT2D eigenvalue weighted by Gasteiger charge is 2.07. The lowest BCUT2D eigenvalue weighted by Gasteiger charge is -2.11. The highest BCUT2D eigenvalue weighted by molar-refractivity contribution is 9.10. The molecule has 0 saturated heterocycles. The van der Waals surface area contributed by atoms with Crippen LogP contribution in [0.3, 0.4) is 0 Å². The van der Waals surface area contributed by atoms with E-state index in [1.54, 1.807) is 18.3 Å². The molecule has 5 heteroatoms. The van der Waals surface area contributed by atoms with Crippen LogP contribution in [0.5, 0.6) is 5.75 Å². The number of hydrogen-bond donors (Lipinski definition) is 1. The Kier molecular flexibility index (Phi) is 5.80. The topological polar surface area (TPSA) is 50.7 Å².